The minimum Gasteiger partial charge on any atom is -0.310 e. The Kier molecular flexibility index (Phi) is 4.20. The Bertz CT molecular complexity index is 704. The lowest BCUT2D eigenvalue weighted by atomic mass is 9.93. The highest BCUT2D eigenvalue weighted by Gasteiger charge is 2.21. The van der Waals surface area contributed by atoms with Crippen molar-refractivity contribution in [2.75, 3.05) is 13.6 Å². The van der Waals surface area contributed by atoms with Crippen LogP contribution in [0.4, 0.5) is 0 Å². The van der Waals surface area contributed by atoms with E-state index in [1.54, 1.807) is 0 Å². The molecule has 1 aliphatic heterocycles. The second kappa shape index (κ2) is 5.98. The number of aryl methyl sites for hydroxylation is 2. The van der Waals surface area contributed by atoms with Gasteiger partial charge < -0.3 is 10.2 Å². The number of benzene rings is 1. The quantitative estimate of drug-likeness (QED) is 0.942. The molecule has 3 rings (SSSR count). The van der Waals surface area contributed by atoms with Crippen LogP contribution >= 0.6 is 0 Å². The van der Waals surface area contributed by atoms with E-state index in [1.807, 2.05) is 0 Å². The molecular weight excluding hydrogens is 270 g/mol. The predicted molar refractivity (Wildman–Crippen MR) is 93.2 cm³/mol. The van der Waals surface area contributed by atoms with Gasteiger partial charge in [-0.1, -0.05) is 26.0 Å². The van der Waals surface area contributed by atoms with Crippen molar-refractivity contribution in [2.24, 2.45) is 0 Å². The highest BCUT2D eigenvalue weighted by atomic mass is 15.1. The van der Waals surface area contributed by atoms with Gasteiger partial charge in [-0.3, -0.25) is 4.98 Å². The Morgan fingerprint density at radius 3 is 2.77 bits per heavy atom. The van der Waals surface area contributed by atoms with E-state index in [-0.39, 0.29) is 0 Å². The fraction of sp³-hybridized carbons (Fsp3) is 0.526. The minimum atomic E-state index is 0.492. The van der Waals surface area contributed by atoms with E-state index >= 15 is 0 Å². The lowest BCUT2D eigenvalue weighted by Crippen LogP contribution is -2.30. The van der Waals surface area contributed by atoms with Crippen LogP contribution in [-0.2, 0) is 19.5 Å². The van der Waals surface area contributed by atoms with Gasteiger partial charge in [-0.05, 0) is 43.1 Å². The van der Waals surface area contributed by atoms with Crippen LogP contribution in [0.15, 0.2) is 12.1 Å². The summed E-state index contributed by atoms with van der Waals surface area (Å²) in [5.41, 5.74) is 8.05. The third-order valence-corrected chi connectivity index (χ3v) is 4.83. The van der Waals surface area contributed by atoms with Crippen LogP contribution in [0.2, 0.25) is 0 Å². The van der Waals surface area contributed by atoms with Gasteiger partial charge >= 0.3 is 0 Å². The molecule has 0 bridgehead atoms. The van der Waals surface area contributed by atoms with Gasteiger partial charge in [0.15, 0.2) is 0 Å². The highest BCUT2D eigenvalue weighted by molar-refractivity contribution is 5.87. The zero-order valence-corrected chi connectivity index (χ0v) is 14.5. The molecule has 1 N–H and O–H groups in total. The summed E-state index contributed by atoms with van der Waals surface area (Å²) in [7, 11) is 2.20. The van der Waals surface area contributed by atoms with Crippen LogP contribution in [-0.4, -0.2) is 29.5 Å². The van der Waals surface area contributed by atoms with Crippen molar-refractivity contribution >= 4 is 10.9 Å². The van der Waals surface area contributed by atoms with Crippen LogP contribution in [0.1, 0.15) is 41.8 Å². The fourth-order valence-electron chi connectivity index (χ4n) is 3.28. The molecule has 0 radical (unpaired) electrons. The number of nitrogens with zero attached hydrogens (tertiary/aromatic N) is 2. The molecule has 118 valence electrons. The third kappa shape index (κ3) is 2.75. The van der Waals surface area contributed by atoms with Crippen molar-refractivity contribution in [3.63, 3.8) is 0 Å². The van der Waals surface area contributed by atoms with E-state index in [9.17, 15) is 0 Å². The first-order valence-corrected chi connectivity index (χ1v) is 8.30. The summed E-state index contributed by atoms with van der Waals surface area (Å²) in [5, 5.41) is 4.93. The molecule has 0 fully saturated rings. The molecule has 1 aromatic carbocycles. The summed E-state index contributed by atoms with van der Waals surface area (Å²) in [4.78, 5) is 7.44. The number of nitrogens with one attached hydrogen (secondary N) is 1. The first-order chi connectivity index (χ1) is 10.5. The van der Waals surface area contributed by atoms with E-state index in [0.717, 1.165) is 26.1 Å². The van der Waals surface area contributed by atoms with Crippen molar-refractivity contribution < 1.29 is 0 Å². The van der Waals surface area contributed by atoms with E-state index in [0.29, 0.717) is 6.04 Å². The highest BCUT2D eigenvalue weighted by Crippen LogP contribution is 2.30. The first-order valence-electron chi connectivity index (χ1n) is 8.30. The molecule has 3 heteroatoms. The van der Waals surface area contributed by atoms with Gasteiger partial charge in [0.1, 0.15) is 0 Å². The van der Waals surface area contributed by atoms with Gasteiger partial charge in [0, 0.05) is 43.2 Å². The van der Waals surface area contributed by atoms with Crippen molar-refractivity contribution in [3.8, 4) is 0 Å². The molecule has 1 aromatic heterocycles. The summed E-state index contributed by atoms with van der Waals surface area (Å²) >= 11 is 0. The molecule has 22 heavy (non-hydrogen) atoms. The number of pyridine rings is 1. The normalized spacial score (nSPS) is 15.5. The summed E-state index contributed by atoms with van der Waals surface area (Å²) in [6, 6.07) is 4.99. The van der Waals surface area contributed by atoms with Gasteiger partial charge in [-0.2, -0.15) is 0 Å². The molecule has 0 aliphatic carbocycles. The Balaban J connectivity index is 2.21. The number of rotatable bonds is 3. The van der Waals surface area contributed by atoms with Crippen molar-refractivity contribution in [1.82, 2.24) is 15.2 Å². The smallest absolute Gasteiger partial charge is 0.0740 e. The lowest BCUT2D eigenvalue weighted by molar-refractivity contribution is 0.308. The van der Waals surface area contributed by atoms with E-state index < -0.39 is 0 Å². The zero-order valence-electron chi connectivity index (χ0n) is 14.5. The maximum Gasteiger partial charge on any atom is 0.0740 e. The van der Waals surface area contributed by atoms with Gasteiger partial charge in [0.25, 0.3) is 0 Å². The Labute approximate surface area is 133 Å². The minimum absolute atomic E-state index is 0.492. The zero-order chi connectivity index (χ0) is 15.9. The maximum atomic E-state index is 5.04. The van der Waals surface area contributed by atoms with Crippen LogP contribution in [0.5, 0.6) is 0 Å². The number of aromatic nitrogens is 1. The van der Waals surface area contributed by atoms with E-state index in [2.05, 4.69) is 57.1 Å². The second-order valence-electron chi connectivity index (χ2n) is 6.94. The molecule has 0 spiro atoms. The van der Waals surface area contributed by atoms with Crippen molar-refractivity contribution in [2.45, 2.75) is 53.2 Å². The summed E-state index contributed by atoms with van der Waals surface area (Å²) < 4.78 is 0. The van der Waals surface area contributed by atoms with Crippen LogP contribution in [0, 0.1) is 13.8 Å². The summed E-state index contributed by atoms with van der Waals surface area (Å²) in [5.74, 6) is 0. The largest absolute Gasteiger partial charge is 0.310 e. The van der Waals surface area contributed by atoms with E-state index in [4.69, 9.17) is 4.98 Å². The molecule has 0 saturated heterocycles. The first kappa shape index (κ1) is 15.4. The SMILES string of the molecule is Cc1ccc2c(CNC(C)C)c3c(nc2c1C)CCN(C)C3. The fourth-order valence-corrected chi connectivity index (χ4v) is 3.28. The topological polar surface area (TPSA) is 28.2 Å². The molecule has 0 atom stereocenters. The average Bonchev–Trinajstić information content (AvgIpc) is 2.48. The molecule has 3 nitrogen and oxygen atoms in total. The number of likely N-dealkylation sites (N-methyl/N-ethyl adjacent to an activating group) is 1. The molecule has 0 amide bonds. The second-order valence-corrected chi connectivity index (χ2v) is 6.94. The number of hydrogen-bond acceptors (Lipinski definition) is 3. The average molecular weight is 297 g/mol. The van der Waals surface area contributed by atoms with Gasteiger partial charge in [-0.25, -0.2) is 0 Å². The summed E-state index contributed by atoms with van der Waals surface area (Å²) in [6.07, 6.45) is 1.06. The molecule has 2 heterocycles. The van der Waals surface area contributed by atoms with Crippen LogP contribution in [0.3, 0.4) is 0 Å². The number of fused-ring (bicyclic) bond motifs is 2. The molecular formula is C19H27N3. The van der Waals surface area contributed by atoms with Crippen LogP contribution in [0.25, 0.3) is 10.9 Å². The number of hydrogen-bond donors (Lipinski definition) is 1. The monoisotopic (exact) mass is 297 g/mol. The predicted octanol–water partition coefficient (Wildman–Crippen LogP) is 3.34. The van der Waals surface area contributed by atoms with Gasteiger partial charge in [0.05, 0.1) is 5.52 Å². The third-order valence-electron chi connectivity index (χ3n) is 4.83. The molecule has 0 saturated carbocycles. The maximum absolute atomic E-state index is 5.04. The Morgan fingerprint density at radius 2 is 2.05 bits per heavy atom. The molecule has 1 aliphatic rings. The van der Waals surface area contributed by atoms with Gasteiger partial charge in [-0.15, -0.1) is 0 Å². The molecule has 0 unspecified atom stereocenters. The lowest BCUT2D eigenvalue weighted by Gasteiger charge is -2.28. The van der Waals surface area contributed by atoms with Crippen molar-refractivity contribution in [3.05, 3.63) is 40.1 Å². The Hall–Kier alpha value is -1.45. The van der Waals surface area contributed by atoms with E-state index in [1.165, 1.54) is 38.9 Å². The molecule has 2 aromatic rings. The van der Waals surface area contributed by atoms with Gasteiger partial charge in [0.2, 0.25) is 0 Å². The Morgan fingerprint density at radius 1 is 1.27 bits per heavy atom. The van der Waals surface area contributed by atoms with Crippen LogP contribution < -0.4 is 5.32 Å². The van der Waals surface area contributed by atoms with Crippen molar-refractivity contribution in [1.29, 1.82) is 0 Å². The standard InChI is InChI=1S/C19H27N3/c1-12(2)20-10-16-15-7-6-13(3)14(4)19(15)21-18-8-9-22(5)11-17(16)18/h6-7,12,20H,8-11H2,1-5H3. The summed E-state index contributed by atoms with van der Waals surface area (Å²) in [6.45, 7) is 11.8.